The van der Waals surface area contributed by atoms with E-state index in [1.165, 1.54) is 0 Å². The highest BCUT2D eigenvalue weighted by Gasteiger charge is 2.26. The maximum atomic E-state index is 12.3. The quantitative estimate of drug-likeness (QED) is 0.931. The summed E-state index contributed by atoms with van der Waals surface area (Å²) in [6, 6.07) is 5.61. The molecule has 0 aliphatic carbocycles. The van der Waals surface area contributed by atoms with E-state index in [0.29, 0.717) is 19.7 Å². The molecule has 21 heavy (non-hydrogen) atoms. The predicted molar refractivity (Wildman–Crippen MR) is 82.9 cm³/mol. The first-order chi connectivity index (χ1) is 9.99. The number of hydrogen-bond donors (Lipinski definition) is 1. The van der Waals surface area contributed by atoms with Gasteiger partial charge in [0, 0.05) is 18.8 Å². The van der Waals surface area contributed by atoms with Gasteiger partial charge in [-0.25, -0.2) is 4.79 Å². The number of nitrogens with one attached hydrogen (secondary N) is 1. The summed E-state index contributed by atoms with van der Waals surface area (Å²) in [5.74, 6) is 0.821. The highest BCUT2D eigenvalue weighted by atomic mass is 16.5. The molecule has 2 unspecified atom stereocenters. The van der Waals surface area contributed by atoms with Crippen molar-refractivity contribution in [2.45, 2.75) is 39.9 Å². The summed E-state index contributed by atoms with van der Waals surface area (Å²) in [5.41, 5.74) is 1.80. The second kappa shape index (κ2) is 6.80. The van der Waals surface area contributed by atoms with E-state index in [1.54, 1.807) is 4.90 Å². The number of morpholine rings is 1. The summed E-state index contributed by atoms with van der Waals surface area (Å²) in [6.07, 6.45) is 0.141. The molecular formula is C16H24N2O3. The largest absolute Gasteiger partial charge is 0.494 e. The van der Waals surface area contributed by atoms with Crippen molar-refractivity contribution in [3.8, 4) is 5.75 Å². The Morgan fingerprint density at radius 3 is 2.62 bits per heavy atom. The number of nitrogens with zero attached hydrogens (tertiary/aromatic N) is 1. The Labute approximate surface area is 126 Å². The van der Waals surface area contributed by atoms with E-state index in [1.807, 2.05) is 45.9 Å². The van der Waals surface area contributed by atoms with Crippen molar-refractivity contribution >= 4 is 11.7 Å². The number of carbonyl (C=O) groups excluding carboxylic acids is 1. The molecule has 1 aromatic rings. The molecule has 1 aliphatic heterocycles. The Morgan fingerprint density at radius 1 is 1.38 bits per heavy atom. The van der Waals surface area contributed by atoms with Crippen molar-refractivity contribution in [1.82, 2.24) is 4.90 Å². The summed E-state index contributed by atoms with van der Waals surface area (Å²) in [6.45, 7) is 9.75. The molecule has 2 atom stereocenters. The van der Waals surface area contributed by atoms with Crippen LogP contribution < -0.4 is 10.1 Å². The van der Waals surface area contributed by atoms with E-state index in [0.717, 1.165) is 17.0 Å². The van der Waals surface area contributed by atoms with Gasteiger partial charge in [-0.15, -0.1) is 0 Å². The van der Waals surface area contributed by atoms with Crippen LogP contribution in [-0.4, -0.2) is 42.8 Å². The van der Waals surface area contributed by atoms with Crippen molar-refractivity contribution in [3.05, 3.63) is 23.8 Å². The lowest BCUT2D eigenvalue weighted by molar-refractivity contribution is -0.0530. The summed E-state index contributed by atoms with van der Waals surface area (Å²) in [5, 5.41) is 2.97. The average molecular weight is 292 g/mol. The minimum absolute atomic E-state index is 0.0703. The van der Waals surface area contributed by atoms with Gasteiger partial charge in [-0.05, 0) is 51.5 Å². The van der Waals surface area contributed by atoms with Crippen LogP contribution in [0.5, 0.6) is 5.75 Å². The summed E-state index contributed by atoms with van der Waals surface area (Å²) in [4.78, 5) is 14.1. The van der Waals surface area contributed by atoms with Gasteiger partial charge < -0.3 is 19.7 Å². The lowest BCUT2D eigenvalue weighted by Gasteiger charge is -2.35. The maximum Gasteiger partial charge on any atom is 0.322 e. The molecule has 1 N–H and O–H groups in total. The van der Waals surface area contributed by atoms with Gasteiger partial charge >= 0.3 is 6.03 Å². The average Bonchev–Trinajstić information content (AvgIpc) is 2.41. The second-order valence-corrected chi connectivity index (χ2v) is 5.50. The monoisotopic (exact) mass is 292 g/mol. The predicted octanol–water partition coefficient (Wildman–Crippen LogP) is 3.03. The minimum atomic E-state index is -0.0794. The molecule has 1 aliphatic rings. The van der Waals surface area contributed by atoms with Gasteiger partial charge in [0.1, 0.15) is 5.75 Å². The number of rotatable bonds is 3. The third kappa shape index (κ3) is 4.11. The highest BCUT2D eigenvalue weighted by molar-refractivity contribution is 5.90. The first kappa shape index (κ1) is 15.6. The van der Waals surface area contributed by atoms with Gasteiger partial charge in [0.15, 0.2) is 0 Å². The minimum Gasteiger partial charge on any atom is -0.494 e. The van der Waals surface area contributed by atoms with Gasteiger partial charge in [0.25, 0.3) is 0 Å². The van der Waals surface area contributed by atoms with Gasteiger partial charge in [-0.1, -0.05) is 0 Å². The first-order valence-corrected chi connectivity index (χ1v) is 7.44. The van der Waals surface area contributed by atoms with Crippen LogP contribution in [-0.2, 0) is 4.74 Å². The van der Waals surface area contributed by atoms with E-state index in [2.05, 4.69) is 5.32 Å². The normalized spacial score (nSPS) is 22.0. The molecular weight excluding hydrogens is 268 g/mol. The molecule has 1 saturated heterocycles. The van der Waals surface area contributed by atoms with E-state index >= 15 is 0 Å². The van der Waals surface area contributed by atoms with Crippen LogP contribution in [0.1, 0.15) is 26.3 Å². The number of amides is 2. The molecule has 0 radical (unpaired) electrons. The zero-order chi connectivity index (χ0) is 15.4. The van der Waals surface area contributed by atoms with E-state index in [9.17, 15) is 4.79 Å². The summed E-state index contributed by atoms with van der Waals surface area (Å²) in [7, 11) is 0. The lowest BCUT2D eigenvalue weighted by atomic mass is 10.2. The third-order valence-corrected chi connectivity index (χ3v) is 3.46. The number of hydrogen-bond acceptors (Lipinski definition) is 3. The standard InChI is InChI=1S/C16H24N2O3/c1-5-20-14-6-7-15(11(2)8-14)17-16(19)18-9-12(3)21-13(4)10-18/h6-8,12-13H,5,9-10H2,1-4H3,(H,17,19). The van der Waals surface area contributed by atoms with Gasteiger partial charge in [0.05, 0.1) is 18.8 Å². The fourth-order valence-electron chi connectivity index (χ4n) is 2.57. The van der Waals surface area contributed by atoms with Crippen molar-refractivity contribution in [1.29, 1.82) is 0 Å². The topological polar surface area (TPSA) is 50.8 Å². The lowest BCUT2D eigenvalue weighted by Crippen LogP contribution is -2.49. The molecule has 0 aromatic heterocycles. The third-order valence-electron chi connectivity index (χ3n) is 3.46. The van der Waals surface area contributed by atoms with Crippen molar-refractivity contribution in [2.75, 3.05) is 25.0 Å². The number of urea groups is 1. The summed E-state index contributed by atoms with van der Waals surface area (Å²) >= 11 is 0. The zero-order valence-electron chi connectivity index (χ0n) is 13.2. The molecule has 1 fully saturated rings. The van der Waals surface area contributed by atoms with E-state index in [-0.39, 0.29) is 18.2 Å². The van der Waals surface area contributed by atoms with Crippen LogP contribution in [0.2, 0.25) is 0 Å². The Hall–Kier alpha value is -1.75. The number of benzene rings is 1. The maximum absolute atomic E-state index is 12.3. The van der Waals surface area contributed by atoms with Crippen LogP contribution in [0.25, 0.3) is 0 Å². The van der Waals surface area contributed by atoms with Crippen LogP contribution >= 0.6 is 0 Å². The van der Waals surface area contributed by atoms with Gasteiger partial charge in [0.2, 0.25) is 0 Å². The van der Waals surface area contributed by atoms with Crippen molar-refractivity contribution in [3.63, 3.8) is 0 Å². The molecule has 116 valence electrons. The number of ether oxygens (including phenoxy) is 2. The number of carbonyl (C=O) groups is 1. The Bertz CT molecular complexity index is 494. The molecule has 1 heterocycles. The van der Waals surface area contributed by atoms with Gasteiger partial charge in [-0.3, -0.25) is 0 Å². The number of anilines is 1. The zero-order valence-corrected chi connectivity index (χ0v) is 13.2. The molecule has 5 nitrogen and oxygen atoms in total. The second-order valence-electron chi connectivity index (χ2n) is 5.50. The van der Waals surface area contributed by atoms with E-state index < -0.39 is 0 Å². The molecule has 5 heteroatoms. The first-order valence-electron chi connectivity index (χ1n) is 7.44. The fraction of sp³-hybridized carbons (Fsp3) is 0.562. The van der Waals surface area contributed by atoms with Gasteiger partial charge in [-0.2, -0.15) is 0 Å². The van der Waals surface area contributed by atoms with Crippen LogP contribution in [0, 0.1) is 6.92 Å². The Morgan fingerprint density at radius 2 is 2.05 bits per heavy atom. The van der Waals surface area contributed by atoms with Crippen LogP contribution in [0.3, 0.4) is 0 Å². The fourth-order valence-corrected chi connectivity index (χ4v) is 2.57. The van der Waals surface area contributed by atoms with Crippen molar-refractivity contribution in [2.24, 2.45) is 0 Å². The molecule has 2 rings (SSSR count). The van der Waals surface area contributed by atoms with E-state index in [4.69, 9.17) is 9.47 Å². The molecule has 0 spiro atoms. The molecule has 1 aromatic carbocycles. The van der Waals surface area contributed by atoms with Crippen LogP contribution in [0.15, 0.2) is 18.2 Å². The molecule has 2 amide bonds. The Balaban J connectivity index is 2.02. The molecule has 0 saturated carbocycles. The summed E-state index contributed by atoms with van der Waals surface area (Å²) < 4.78 is 11.1. The van der Waals surface area contributed by atoms with Crippen LogP contribution in [0.4, 0.5) is 10.5 Å². The smallest absolute Gasteiger partial charge is 0.322 e. The molecule has 0 bridgehead atoms. The highest BCUT2D eigenvalue weighted by Crippen LogP contribution is 2.22. The Kier molecular flexibility index (Phi) is 5.07. The van der Waals surface area contributed by atoms with Crippen molar-refractivity contribution < 1.29 is 14.3 Å². The SMILES string of the molecule is CCOc1ccc(NC(=O)N2CC(C)OC(C)C2)c(C)c1. The number of aryl methyl sites for hydroxylation is 1.